The van der Waals surface area contributed by atoms with Gasteiger partial charge in [-0.25, -0.2) is 0 Å². The van der Waals surface area contributed by atoms with E-state index in [-0.39, 0.29) is 17.5 Å². The first-order chi connectivity index (χ1) is 13.6. The average Bonchev–Trinajstić information content (AvgIpc) is 3.24. The zero-order valence-corrected chi connectivity index (χ0v) is 16.8. The van der Waals surface area contributed by atoms with E-state index in [1.165, 1.54) is 23.9 Å². The number of H-pyrrole nitrogens is 1. The molecule has 1 atom stereocenters. The van der Waals surface area contributed by atoms with Crippen molar-refractivity contribution in [2.45, 2.75) is 25.8 Å². The fourth-order valence-corrected chi connectivity index (χ4v) is 4.77. The molecule has 0 saturated carbocycles. The lowest BCUT2D eigenvalue weighted by Crippen LogP contribution is -2.41. The summed E-state index contributed by atoms with van der Waals surface area (Å²) in [5, 5.41) is 6.42. The highest BCUT2D eigenvalue weighted by Gasteiger charge is 2.26. The Hall–Kier alpha value is -2.44. The normalized spacial score (nSPS) is 16.9. The summed E-state index contributed by atoms with van der Waals surface area (Å²) in [5.74, 6) is 0.613. The summed E-state index contributed by atoms with van der Waals surface area (Å²) >= 11 is 1.74. The minimum atomic E-state index is -0.175. The van der Waals surface area contributed by atoms with Crippen LogP contribution >= 0.6 is 11.3 Å². The van der Waals surface area contributed by atoms with Gasteiger partial charge in [-0.15, -0.1) is 11.3 Å². The topological polar surface area (TPSA) is 65.2 Å². The van der Waals surface area contributed by atoms with Crippen LogP contribution in [0, 0.1) is 5.92 Å². The molecule has 28 heavy (non-hydrogen) atoms. The predicted molar refractivity (Wildman–Crippen MR) is 114 cm³/mol. The number of nitrogens with one attached hydrogen (secondary N) is 2. The first kappa shape index (κ1) is 18.9. The van der Waals surface area contributed by atoms with Crippen molar-refractivity contribution in [3.8, 4) is 0 Å². The zero-order chi connectivity index (χ0) is 19.5. The van der Waals surface area contributed by atoms with E-state index >= 15 is 0 Å². The largest absolute Gasteiger partial charge is 0.350 e. The van der Waals surface area contributed by atoms with Crippen LogP contribution in [-0.4, -0.2) is 35.4 Å². The second kappa shape index (κ2) is 8.29. The molecule has 0 spiro atoms. The predicted octanol–water partition coefficient (Wildman–Crippen LogP) is 3.79. The third-order valence-corrected chi connectivity index (χ3v) is 6.61. The molecule has 3 aromatic rings. The van der Waals surface area contributed by atoms with Crippen LogP contribution < -0.4 is 10.9 Å². The molecule has 1 aliphatic rings. The minimum Gasteiger partial charge on any atom is -0.350 e. The second-order valence-electron chi connectivity index (χ2n) is 7.54. The molecule has 3 heterocycles. The number of rotatable bonds is 5. The number of likely N-dealkylation sites (tertiary alicyclic amines) is 1. The number of nitrogens with zero attached hydrogens (tertiary/aromatic N) is 1. The molecule has 0 aliphatic carbocycles. The highest BCUT2D eigenvalue weighted by atomic mass is 32.1. The number of pyridine rings is 1. The van der Waals surface area contributed by atoms with E-state index in [1.54, 1.807) is 17.4 Å². The molecule has 1 saturated heterocycles. The number of benzene rings is 1. The van der Waals surface area contributed by atoms with Crippen molar-refractivity contribution in [2.75, 3.05) is 19.6 Å². The number of hydrogen-bond acceptors (Lipinski definition) is 4. The van der Waals surface area contributed by atoms with Crippen LogP contribution in [0.2, 0.25) is 0 Å². The maximum Gasteiger partial charge on any atom is 0.255 e. The summed E-state index contributed by atoms with van der Waals surface area (Å²) < 4.78 is 0. The van der Waals surface area contributed by atoms with Crippen molar-refractivity contribution < 1.29 is 4.79 Å². The molecule has 0 radical (unpaired) electrons. The van der Waals surface area contributed by atoms with E-state index in [4.69, 9.17) is 0 Å². The van der Waals surface area contributed by atoms with E-state index in [1.807, 2.05) is 18.2 Å². The maximum atomic E-state index is 12.9. The van der Waals surface area contributed by atoms with Crippen molar-refractivity contribution in [2.24, 2.45) is 5.92 Å². The monoisotopic (exact) mass is 395 g/mol. The first-order valence-corrected chi connectivity index (χ1v) is 10.7. The van der Waals surface area contributed by atoms with E-state index in [0.29, 0.717) is 22.9 Å². The van der Waals surface area contributed by atoms with Crippen molar-refractivity contribution in [3.63, 3.8) is 0 Å². The van der Waals surface area contributed by atoms with Crippen LogP contribution in [0.25, 0.3) is 10.8 Å². The summed E-state index contributed by atoms with van der Waals surface area (Å²) in [4.78, 5) is 31.4. The number of hydrogen-bond donors (Lipinski definition) is 2. The van der Waals surface area contributed by atoms with Gasteiger partial charge in [0.05, 0.1) is 11.6 Å². The van der Waals surface area contributed by atoms with Gasteiger partial charge in [-0.05, 0) is 49.4 Å². The molecule has 146 valence electrons. The van der Waals surface area contributed by atoms with E-state index in [0.717, 1.165) is 19.0 Å². The van der Waals surface area contributed by atoms with E-state index in [9.17, 15) is 9.59 Å². The fraction of sp³-hybridized carbons (Fsp3) is 0.364. The van der Waals surface area contributed by atoms with Gasteiger partial charge in [0.1, 0.15) is 0 Å². The second-order valence-corrected chi connectivity index (χ2v) is 8.52. The maximum absolute atomic E-state index is 12.9. The van der Waals surface area contributed by atoms with Gasteiger partial charge in [-0.3, -0.25) is 14.5 Å². The summed E-state index contributed by atoms with van der Waals surface area (Å²) in [6.07, 6.45) is 3.91. The van der Waals surface area contributed by atoms with Crippen molar-refractivity contribution in [1.82, 2.24) is 15.2 Å². The lowest BCUT2D eigenvalue weighted by molar-refractivity contribution is 0.0916. The van der Waals surface area contributed by atoms with Crippen LogP contribution in [0.1, 0.15) is 41.0 Å². The van der Waals surface area contributed by atoms with Gasteiger partial charge < -0.3 is 10.3 Å². The minimum absolute atomic E-state index is 0.153. The molecular weight excluding hydrogens is 370 g/mol. The fourth-order valence-electron chi connectivity index (χ4n) is 3.91. The van der Waals surface area contributed by atoms with Crippen LogP contribution in [0.4, 0.5) is 0 Å². The number of fused-ring (bicyclic) bond motifs is 1. The number of piperidine rings is 1. The molecule has 1 fully saturated rings. The Morgan fingerprint density at radius 3 is 2.68 bits per heavy atom. The molecular formula is C22H25N3O2S. The Bertz CT molecular complexity index is 1000. The van der Waals surface area contributed by atoms with E-state index in [2.05, 4.69) is 39.6 Å². The molecule has 6 heteroatoms. The van der Waals surface area contributed by atoms with Crippen LogP contribution in [0.3, 0.4) is 0 Å². The number of aromatic nitrogens is 1. The molecule has 0 bridgehead atoms. The Morgan fingerprint density at radius 2 is 1.96 bits per heavy atom. The van der Waals surface area contributed by atoms with Gasteiger partial charge in [-0.1, -0.05) is 31.2 Å². The number of amides is 1. The lowest BCUT2D eigenvalue weighted by atomic mass is 9.97. The molecule has 1 unspecified atom stereocenters. The first-order valence-electron chi connectivity index (χ1n) is 9.79. The van der Waals surface area contributed by atoms with Gasteiger partial charge in [0.15, 0.2) is 0 Å². The van der Waals surface area contributed by atoms with Crippen LogP contribution in [0.5, 0.6) is 0 Å². The number of aromatic amines is 1. The molecule has 1 aromatic carbocycles. The number of carbonyl (C=O) groups is 1. The quantitative estimate of drug-likeness (QED) is 0.691. The Kier molecular flexibility index (Phi) is 5.59. The Morgan fingerprint density at radius 1 is 1.21 bits per heavy atom. The van der Waals surface area contributed by atoms with Crippen molar-refractivity contribution >= 4 is 28.0 Å². The highest BCUT2D eigenvalue weighted by Crippen LogP contribution is 2.29. The molecule has 1 amide bonds. The van der Waals surface area contributed by atoms with Crippen LogP contribution in [0.15, 0.2) is 52.8 Å². The number of carbonyl (C=O) groups excluding carboxylic acids is 1. The lowest BCUT2D eigenvalue weighted by Gasteiger charge is -2.36. The summed E-state index contributed by atoms with van der Waals surface area (Å²) in [6.45, 7) is 4.98. The third-order valence-electron chi connectivity index (χ3n) is 5.64. The number of thiophene rings is 1. The van der Waals surface area contributed by atoms with Gasteiger partial charge in [0.25, 0.3) is 11.5 Å². The van der Waals surface area contributed by atoms with Crippen LogP contribution in [-0.2, 0) is 0 Å². The zero-order valence-electron chi connectivity index (χ0n) is 16.0. The summed E-state index contributed by atoms with van der Waals surface area (Å²) in [6, 6.07) is 11.6. The van der Waals surface area contributed by atoms with Gasteiger partial charge in [0.2, 0.25) is 0 Å². The summed E-state index contributed by atoms with van der Waals surface area (Å²) in [7, 11) is 0. The SMILES string of the molecule is CC1CCN(C(CNC(=O)c2c[nH]c(=O)c3ccccc23)c2cccs2)CC1. The van der Waals surface area contributed by atoms with Crippen molar-refractivity contribution in [3.05, 3.63) is 68.8 Å². The molecule has 2 aromatic heterocycles. The molecule has 4 rings (SSSR count). The molecule has 1 aliphatic heterocycles. The van der Waals surface area contributed by atoms with Gasteiger partial charge in [-0.2, -0.15) is 0 Å². The Labute approximate surface area is 168 Å². The highest BCUT2D eigenvalue weighted by molar-refractivity contribution is 7.10. The van der Waals surface area contributed by atoms with E-state index < -0.39 is 0 Å². The molecule has 5 nitrogen and oxygen atoms in total. The molecule has 2 N–H and O–H groups in total. The third kappa shape index (κ3) is 3.88. The smallest absolute Gasteiger partial charge is 0.255 e. The average molecular weight is 396 g/mol. The van der Waals surface area contributed by atoms with Crippen molar-refractivity contribution in [1.29, 1.82) is 0 Å². The Balaban J connectivity index is 1.54. The summed E-state index contributed by atoms with van der Waals surface area (Å²) in [5.41, 5.74) is 0.332. The standard InChI is InChI=1S/C22H25N3O2S/c1-15-8-10-25(11-9-15)19(20-7-4-12-28-20)14-24-22(27)18-13-23-21(26)17-6-3-2-5-16(17)18/h2-7,12-13,15,19H,8-11,14H2,1H3,(H,23,26)(H,24,27). The van der Waals surface area contributed by atoms with Gasteiger partial charge >= 0.3 is 0 Å². The van der Waals surface area contributed by atoms with Gasteiger partial charge in [0, 0.05) is 28.4 Å².